The number of fused-ring (bicyclic) bond motifs is 1. The number of aliphatic carboxylic acids is 1. The maximum atomic E-state index is 10.4. The predicted octanol–water partition coefficient (Wildman–Crippen LogP) is 2.76. The highest BCUT2D eigenvalue weighted by atomic mass is 16.4. The Hall–Kier alpha value is -1.77. The van der Waals surface area contributed by atoms with Gasteiger partial charge in [0.1, 0.15) is 5.58 Å². The number of carbonyl (C=O) groups is 1. The third-order valence-corrected chi connectivity index (χ3v) is 2.46. The Morgan fingerprint density at radius 2 is 2.27 bits per heavy atom. The van der Waals surface area contributed by atoms with Crippen LogP contribution in [0.25, 0.3) is 11.0 Å². The van der Waals surface area contributed by atoms with Crippen molar-refractivity contribution in [3.05, 3.63) is 35.6 Å². The first-order chi connectivity index (χ1) is 7.16. The molecule has 0 aliphatic heterocycles. The van der Waals surface area contributed by atoms with Crippen molar-refractivity contribution in [3.8, 4) is 0 Å². The van der Waals surface area contributed by atoms with Crippen molar-refractivity contribution >= 4 is 16.9 Å². The Morgan fingerprint density at radius 3 is 3.00 bits per heavy atom. The second-order valence-electron chi connectivity index (χ2n) is 3.64. The highest BCUT2D eigenvalue weighted by molar-refractivity contribution is 5.81. The van der Waals surface area contributed by atoms with Crippen LogP contribution in [0, 0.1) is 6.92 Å². The Bertz CT molecular complexity index is 497. The normalized spacial score (nSPS) is 10.7. The molecule has 0 saturated heterocycles. The predicted molar refractivity (Wildman–Crippen MR) is 56.9 cm³/mol. The van der Waals surface area contributed by atoms with E-state index in [1.807, 2.05) is 25.1 Å². The number of benzene rings is 1. The quantitative estimate of drug-likeness (QED) is 0.836. The monoisotopic (exact) mass is 204 g/mol. The van der Waals surface area contributed by atoms with Crippen LogP contribution in [0.4, 0.5) is 0 Å². The van der Waals surface area contributed by atoms with E-state index in [4.69, 9.17) is 9.52 Å². The molecule has 0 radical (unpaired) electrons. The Labute approximate surface area is 87.3 Å². The molecular weight excluding hydrogens is 192 g/mol. The van der Waals surface area contributed by atoms with Crippen molar-refractivity contribution in [3.63, 3.8) is 0 Å². The molecule has 1 aromatic heterocycles. The van der Waals surface area contributed by atoms with Gasteiger partial charge in [-0.2, -0.15) is 0 Å². The molecule has 2 rings (SSSR count). The Balaban J connectivity index is 2.29. The third-order valence-electron chi connectivity index (χ3n) is 2.46. The van der Waals surface area contributed by atoms with Crippen molar-refractivity contribution in [1.29, 1.82) is 0 Å². The van der Waals surface area contributed by atoms with Crippen LogP contribution in [0.5, 0.6) is 0 Å². The van der Waals surface area contributed by atoms with Crippen molar-refractivity contribution < 1.29 is 14.3 Å². The van der Waals surface area contributed by atoms with Gasteiger partial charge >= 0.3 is 5.97 Å². The zero-order valence-corrected chi connectivity index (χ0v) is 8.49. The summed E-state index contributed by atoms with van der Waals surface area (Å²) in [7, 11) is 0. The topological polar surface area (TPSA) is 50.4 Å². The van der Waals surface area contributed by atoms with Crippen LogP contribution in [0.1, 0.15) is 17.5 Å². The van der Waals surface area contributed by atoms with Crippen LogP contribution in [0.2, 0.25) is 0 Å². The fourth-order valence-corrected chi connectivity index (χ4v) is 1.61. The molecule has 0 unspecified atom stereocenters. The fraction of sp³-hybridized carbons (Fsp3) is 0.250. The van der Waals surface area contributed by atoms with Gasteiger partial charge in [0.05, 0.1) is 6.26 Å². The number of hydrogen-bond donors (Lipinski definition) is 1. The number of carboxylic acid groups (broad SMARTS) is 1. The summed E-state index contributed by atoms with van der Waals surface area (Å²) in [6.07, 6.45) is 2.45. The van der Waals surface area contributed by atoms with Crippen LogP contribution < -0.4 is 0 Å². The molecule has 0 aliphatic rings. The molecule has 1 aromatic carbocycles. The van der Waals surface area contributed by atoms with Gasteiger partial charge in [0.25, 0.3) is 0 Å². The van der Waals surface area contributed by atoms with Gasteiger partial charge in [-0.3, -0.25) is 4.79 Å². The highest BCUT2D eigenvalue weighted by Crippen LogP contribution is 2.22. The van der Waals surface area contributed by atoms with E-state index in [1.54, 1.807) is 6.26 Å². The lowest BCUT2D eigenvalue weighted by Crippen LogP contribution is -1.97. The molecule has 1 N–H and O–H groups in total. The smallest absolute Gasteiger partial charge is 0.303 e. The highest BCUT2D eigenvalue weighted by Gasteiger charge is 2.04. The van der Waals surface area contributed by atoms with Crippen LogP contribution in [-0.4, -0.2) is 11.1 Å². The summed E-state index contributed by atoms with van der Waals surface area (Å²) in [6, 6.07) is 5.80. The van der Waals surface area contributed by atoms with Gasteiger partial charge in [0.2, 0.25) is 0 Å². The number of furan rings is 1. The molecule has 78 valence electrons. The van der Waals surface area contributed by atoms with E-state index < -0.39 is 5.97 Å². The van der Waals surface area contributed by atoms with E-state index >= 15 is 0 Å². The zero-order chi connectivity index (χ0) is 10.8. The molecule has 2 aromatic rings. The number of carboxylic acids is 1. The van der Waals surface area contributed by atoms with Gasteiger partial charge in [0.15, 0.2) is 0 Å². The summed E-state index contributed by atoms with van der Waals surface area (Å²) in [5, 5.41) is 9.65. The van der Waals surface area contributed by atoms with E-state index in [0.717, 1.165) is 22.1 Å². The van der Waals surface area contributed by atoms with Crippen LogP contribution in [0.15, 0.2) is 28.9 Å². The summed E-state index contributed by atoms with van der Waals surface area (Å²) in [5.41, 5.74) is 2.98. The van der Waals surface area contributed by atoms with Crippen molar-refractivity contribution in [2.45, 2.75) is 19.8 Å². The second kappa shape index (κ2) is 3.77. The van der Waals surface area contributed by atoms with E-state index in [9.17, 15) is 4.79 Å². The summed E-state index contributed by atoms with van der Waals surface area (Å²) in [5.74, 6) is -0.765. The minimum atomic E-state index is -0.765. The minimum Gasteiger partial charge on any atom is -0.481 e. The van der Waals surface area contributed by atoms with Gasteiger partial charge in [-0.1, -0.05) is 6.07 Å². The molecular formula is C12H12O3. The maximum absolute atomic E-state index is 10.4. The van der Waals surface area contributed by atoms with E-state index in [0.29, 0.717) is 6.42 Å². The van der Waals surface area contributed by atoms with Gasteiger partial charge in [-0.25, -0.2) is 0 Å². The van der Waals surface area contributed by atoms with Gasteiger partial charge in [-0.15, -0.1) is 0 Å². The fourth-order valence-electron chi connectivity index (χ4n) is 1.61. The summed E-state index contributed by atoms with van der Waals surface area (Å²) < 4.78 is 5.31. The summed E-state index contributed by atoms with van der Waals surface area (Å²) in [6.45, 7) is 1.98. The van der Waals surface area contributed by atoms with Crippen LogP contribution >= 0.6 is 0 Å². The van der Waals surface area contributed by atoms with Gasteiger partial charge in [-0.05, 0) is 36.6 Å². The molecule has 1 heterocycles. The molecule has 0 aliphatic carbocycles. The SMILES string of the molecule is Cc1coc2ccc(CCC(=O)O)cc12. The standard InChI is InChI=1S/C12H12O3/c1-8-7-15-11-4-2-9(6-10(8)11)3-5-12(13)14/h2,4,6-7H,3,5H2,1H3,(H,13,14). The first kappa shape index (κ1) is 9.77. The van der Waals surface area contributed by atoms with E-state index in [2.05, 4.69) is 0 Å². The summed E-state index contributed by atoms with van der Waals surface area (Å²) >= 11 is 0. The van der Waals surface area contributed by atoms with Crippen molar-refractivity contribution in [2.24, 2.45) is 0 Å². The molecule has 0 saturated carbocycles. The van der Waals surface area contributed by atoms with Gasteiger partial charge < -0.3 is 9.52 Å². The maximum Gasteiger partial charge on any atom is 0.303 e. The molecule has 3 nitrogen and oxygen atoms in total. The van der Waals surface area contributed by atoms with Gasteiger partial charge in [0, 0.05) is 11.8 Å². The lowest BCUT2D eigenvalue weighted by molar-refractivity contribution is -0.136. The molecule has 0 atom stereocenters. The number of hydrogen-bond acceptors (Lipinski definition) is 2. The van der Waals surface area contributed by atoms with E-state index in [-0.39, 0.29) is 6.42 Å². The first-order valence-corrected chi connectivity index (χ1v) is 4.85. The van der Waals surface area contributed by atoms with Crippen molar-refractivity contribution in [1.82, 2.24) is 0 Å². The Kier molecular flexibility index (Phi) is 2.46. The lowest BCUT2D eigenvalue weighted by atomic mass is 10.1. The molecule has 0 bridgehead atoms. The molecule has 3 heteroatoms. The van der Waals surface area contributed by atoms with E-state index in [1.165, 1.54) is 0 Å². The molecule has 15 heavy (non-hydrogen) atoms. The lowest BCUT2D eigenvalue weighted by Gasteiger charge is -1.98. The third kappa shape index (κ3) is 2.01. The van der Waals surface area contributed by atoms with Crippen molar-refractivity contribution in [2.75, 3.05) is 0 Å². The minimum absolute atomic E-state index is 0.169. The number of aryl methyl sites for hydroxylation is 2. The average Bonchev–Trinajstić information content (AvgIpc) is 2.57. The average molecular weight is 204 g/mol. The number of rotatable bonds is 3. The molecule has 0 fully saturated rings. The zero-order valence-electron chi connectivity index (χ0n) is 8.49. The molecule has 0 spiro atoms. The Morgan fingerprint density at radius 1 is 1.47 bits per heavy atom. The first-order valence-electron chi connectivity index (χ1n) is 4.85. The second-order valence-corrected chi connectivity index (χ2v) is 3.64. The van der Waals surface area contributed by atoms with Crippen LogP contribution in [-0.2, 0) is 11.2 Å². The van der Waals surface area contributed by atoms with Crippen LogP contribution in [0.3, 0.4) is 0 Å². The summed E-state index contributed by atoms with van der Waals surface area (Å²) in [4.78, 5) is 10.4. The largest absolute Gasteiger partial charge is 0.481 e. The molecule has 0 amide bonds.